The molecule has 0 N–H and O–H groups in total. The lowest BCUT2D eigenvalue weighted by atomic mass is 10.1. The maximum atomic E-state index is 11.2. The first-order valence-corrected chi connectivity index (χ1v) is 7.41. The van der Waals surface area contributed by atoms with Gasteiger partial charge in [-0.2, -0.15) is 0 Å². The van der Waals surface area contributed by atoms with Gasteiger partial charge in [-0.25, -0.2) is 0 Å². The van der Waals surface area contributed by atoms with Crippen LogP contribution in [0.5, 0.6) is 0 Å². The van der Waals surface area contributed by atoms with E-state index in [9.17, 15) is 4.79 Å². The maximum Gasteiger partial charge on any atom is 0.136 e. The van der Waals surface area contributed by atoms with Crippen LogP contribution in [-0.2, 0) is 9.53 Å². The van der Waals surface area contributed by atoms with Crippen molar-refractivity contribution in [1.29, 1.82) is 0 Å². The van der Waals surface area contributed by atoms with Crippen molar-refractivity contribution in [2.24, 2.45) is 5.92 Å². The molecule has 0 heterocycles. The number of ether oxygens (including phenoxy) is 1. The molecule has 84 valence electrons. The van der Waals surface area contributed by atoms with Gasteiger partial charge in [-0.05, 0) is 13.8 Å². The van der Waals surface area contributed by atoms with E-state index in [1.165, 1.54) is 0 Å². The molecule has 0 saturated heterocycles. The predicted molar refractivity (Wildman–Crippen MR) is 65.6 cm³/mol. The topological polar surface area (TPSA) is 26.3 Å². The van der Waals surface area contributed by atoms with E-state index >= 15 is 0 Å². The van der Waals surface area contributed by atoms with Crippen LogP contribution in [0.3, 0.4) is 0 Å². The minimum Gasteiger partial charge on any atom is -0.367 e. The summed E-state index contributed by atoms with van der Waals surface area (Å²) in [4.78, 5) is 11.2. The third-order valence-electron chi connectivity index (χ3n) is 1.61. The molecular formula is C10H20O2S2. The molecule has 0 aromatic rings. The van der Waals surface area contributed by atoms with Crippen molar-refractivity contribution >= 4 is 27.4 Å². The van der Waals surface area contributed by atoms with Gasteiger partial charge in [0.1, 0.15) is 11.7 Å². The Hall–Kier alpha value is 0.330. The Balaban J connectivity index is 3.18. The predicted octanol–water partition coefficient (Wildman–Crippen LogP) is 3.37. The first-order chi connectivity index (χ1) is 6.54. The lowest BCUT2D eigenvalue weighted by Crippen LogP contribution is -2.07. The second kappa shape index (κ2) is 8.62. The van der Waals surface area contributed by atoms with Crippen LogP contribution in [0.1, 0.15) is 34.1 Å². The number of rotatable bonds is 8. The summed E-state index contributed by atoms with van der Waals surface area (Å²) >= 11 is 0. The molecule has 0 aliphatic rings. The molecule has 0 aromatic carbocycles. The Morgan fingerprint density at radius 2 is 1.86 bits per heavy atom. The van der Waals surface area contributed by atoms with E-state index in [1.807, 2.05) is 27.7 Å². The minimum atomic E-state index is 0.174. The van der Waals surface area contributed by atoms with Crippen LogP contribution in [0.4, 0.5) is 0 Å². The molecule has 0 fully saturated rings. The largest absolute Gasteiger partial charge is 0.367 e. The summed E-state index contributed by atoms with van der Waals surface area (Å²) in [7, 11) is 3.39. The number of hydrogen-bond donors (Lipinski definition) is 0. The summed E-state index contributed by atoms with van der Waals surface area (Å²) in [5.41, 5.74) is 0. The fraction of sp³-hybridized carbons (Fsp3) is 0.900. The molecule has 0 spiro atoms. The second-order valence-corrected chi connectivity index (χ2v) is 6.17. The average Bonchev–Trinajstić information content (AvgIpc) is 2.09. The molecule has 0 aliphatic heterocycles. The molecule has 14 heavy (non-hydrogen) atoms. The molecule has 2 nitrogen and oxygen atoms in total. The highest BCUT2D eigenvalue weighted by Gasteiger charge is 2.06. The standard InChI is InChI=1S/C10H20O2S2/c1-8(2)10(11)5-6-13-14-7-12-9(3)4/h8-9H,5-7H2,1-4H3. The molecule has 0 saturated carbocycles. The van der Waals surface area contributed by atoms with Crippen molar-refractivity contribution in [2.75, 3.05) is 11.7 Å². The third-order valence-corrected chi connectivity index (χ3v) is 3.67. The fourth-order valence-electron chi connectivity index (χ4n) is 0.688. The number of hydrogen-bond acceptors (Lipinski definition) is 4. The van der Waals surface area contributed by atoms with E-state index in [1.54, 1.807) is 21.6 Å². The van der Waals surface area contributed by atoms with Crippen molar-refractivity contribution in [3.63, 3.8) is 0 Å². The lowest BCUT2D eigenvalue weighted by Gasteiger charge is -2.06. The van der Waals surface area contributed by atoms with Crippen molar-refractivity contribution in [2.45, 2.75) is 40.2 Å². The van der Waals surface area contributed by atoms with Gasteiger partial charge in [0, 0.05) is 18.1 Å². The Morgan fingerprint density at radius 1 is 1.21 bits per heavy atom. The van der Waals surface area contributed by atoms with E-state index < -0.39 is 0 Å². The van der Waals surface area contributed by atoms with Gasteiger partial charge in [-0.15, -0.1) is 0 Å². The minimum absolute atomic E-state index is 0.174. The highest BCUT2D eigenvalue weighted by Crippen LogP contribution is 2.22. The van der Waals surface area contributed by atoms with Gasteiger partial charge in [0.05, 0.1) is 6.10 Å². The number of carbonyl (C=O) groups excluding carboxylic acids is 1. The highest BCUT2D eigenvalue weighted by molar-refractivity contribution is 8.76. The summed E-state index contributed by atoms with van der Waals surface area (Å²) in [5.74, 6) is 2.12. The molecule has 0 unspecified atom stereocenters. The first kappa shape index (κ1) is 14.3. The SMILES string of the molecule is CC(C)OCSSCCC(=O)C(C)C. The Morgan fingerprint density at radius 3 is 2.36 bits per heavy atom. The van der Waals surface area contributed by atoms with Gasteiger partial charge in [-0.3, -0.25) is 4.79 Å². The van der Waals surface area contributed by atoms with Crippen LogP contribution < -0.4 is 0 Å². The van der Waals surface area contributed by atoms with Crippen molar-refractivity contribution in [3.05, 3.63) is 0 Å². The quantitative estimate of drug-likeness (QED) is 0.367. The summed E-state index contributed by atoms with van der Waals surface area (Å²) in [6, 6.07) is 0. The summed E-state index contributed by atoms with van der Waals surface area (Å²) < 4.78 is 5.35. The highest BCUT2D eigenvalue weighted by atomic mass is 33.1. The molecule has 0 atom stereocenters. The van der Waals surface area contributed by atoms with Crippen LogP contribution >= 0.6 is 21.6 Å². The van der Waals surface area contributed by atoms with E-state index in [-0.39, 0.29) is 5.92 Å². The normalized spacial score (nSPS) is 11.3. The van der Waals surface area contributed by atoms with Crippen LogP contribution in [0.15, 0.2) is 0 Å². The zero-order valence-electron chi connectivity index (χ0n) is 9.41. The molecule has 4 heteroatoms. The molecular weight excluding hydrogens is 216 g/mol. The van der Waals surface area contributed by atoms with Gasteiger partial charge in [0.25, 0.3) is 0 Å². The Kier molecular flexibility index (Phi) is 8.83. The van der Waals surface area contributed by atoms with Gasteiger partial charge >= 0.3 is 0 Å². The second-order valence-electron chi connectivity index (χ2n) is 3.64. The van der Waals surface area contributed by atoms with Gasteiger partial charge in [-0.1, -0.05) is 35.4 Å². The summed E-state index contributed by atoms with van der Waals surface area (Å²) in [6.45, 7) is 7.94. The van der Waals surface area contributed by atoms with Crippen molar-refractivity contribution < 1.29 is 9.53 Å². The average molecular weight is 236 g/mol. The number of carbonyl (C=O) groups is 1. The molecule has 0 radical (unpaired) electrons. The van der Waals surface area contributed by atoms with Crippen LogP contribution in [0.25, 0.3) is 0 Å². The molecule has 0 bridgehead atoms. The van der Waals surface area contributed by atoms with Crippen molar-refractivity contribution in [1.82, 2.24) is 0 Å². The molecule has 0 amide bonds. The molecule has 0 aromatic heterocycles. The van der Waals surface area contributed by atoms with E-state index in [4.69, 9.17) is 4.74 Å². The number of ketones is 1. The number of Topliss-reactive ketones (excluding diaryl/α,β-unsaturated/α-hetero) is 1. The van der Waals surface area contributed by atoms with Crippen LogP contribution in [0.2, 0.25) is 0 Å². The maximum absolute atomic E-state index is 11.2. The van der Waals surface area contributed by atoms with E-state index in [2.05, 4.69) is 0 Å². The monoisotopic (exact) mass is 236 g/mol. The Labute approximate surface area is 94.9 Å². The van der Waals surface area contributed by atoms with E-state index in [0.717, 1.165) is 5.75 Å². The van der Waals surface area contributed by atoms with E-state index in [0.29, 0.717) is 24.2 Å². The zero-order valence-corrected chi connectivity index (χ0v) is 11.0. The fourth-order valence-corrected chi connectivity index (χ4v) is 2.46. The van der Waals surface area contributed by atoms with Gasteiger partial charge in [0.15, 0.2) is 0 Å². The first-order valence-electron chi connectivity index (χ1n) is 4.92. The summed E-state index contributed by atoms with van der Waals surface area (Å²) in [5, 5.41) is 0. The van der Waals surface area contributed by atoms with Gasteiger partial charge in [0.2, 0.25) is 0 Å². The van der Waals surface area contributed by atoms with Crippen LogP contribution in [0, 0.1) is 5.92 Å². The lowest BCUT2D eigenvalue weighted by molar-refractivity contribution is -0.121. The zero-order chi connectivity index (χ0) is 11.0. The Bertz CT molecular complexity index is 158. The molecule has 0 aliphatic carbocycles. The summed E-state index contributed by atoms with van der Waals surface area (Å²) in [6.07, 6.45) is 0.970. The van der Waals surface area contributed by atoms with Crippen molar-refractivity contribution in [3.8, 4) is 0 Å². The smallest absolute Gasteiger partial charge is 0.136 e. The van der Waals surface area contributed by atoms with Gasteiger partial charge < -0.3 is 4.74 Å². The van der Waals surface area contributed by atoms with Crippen LogP contribution in [-0.4, -0.2) is 23.6 Å². The molecule has 0 rings (SSSR count). The third kappa shape index (κ3) is 8.91.